The SMILES string of the molecule is Cc1ccc(C)c(NC(=O)c2cc3cc(N)ccc3s2)c1. The van der Waals surface area contributed by atoms with Crippen LogP contribution in [0.4, 0.5) is 11.4 Å². The molecule has 0 aliphatic rings. The van der Waals surface area contributed by atoms with Crippen LogP contribution in [0.2, 0.25) is 0 Å². The summed E-state index contributed by atoms with van der Waals surface area (Å²) in [5.41, 5.74) is 9.52. The monoisotopic (exact) mass is 296 g/mol. The Bertz CT molecular complexity index is 836. The number of nitrogens with one attached hydrogen (secondary N) is 1. The van der Waals surface area contributed by atoms with E-state index >= 15 is 0 Å². The molecule has 1 amide bonds. The van der Waals surface area contributed by atoms with Crippen molar-refractivity contribution < 1.29 is 4.79 Å². The maximum Gasteiger partial charge on any atom is 0.265 e. The number of carbonyl (C=O) groups excluding carboxylic acids is 1. The van der Waals surface area contributed by atoms with Crippen LogP contribution in [0.5, 0.6) is 0 Å². The summed E-state index contributed by atoms with van der Waals surface area (Å²) in [6.45, 7) is 4.00. The highest BCUT2D eigenvalue weighted by Gasteiger charge is 2.12. The third kappa shape index (κ3) is 2.76. The molecule has 0 radical (unpaired) electrons. The number of rotatable bonds is 2. The first-order valence-corrected chi connectivity index (χ1v) is 7.52. The molecule has 3 rings (SSSR count). The predicted octanol–water partition coefficient (Wildman–Crippen LogP) is 4.35. The van der Waals surface area contributed by atoms with E-state index in [1.807, 2.05) is 56.3 Å². The van der Waals surface area contributed by atoms with E-state index in [4.69, 9.17) is 5.73 Å². The first-order chi connectivity index (χ1) is 10.0. The van der Waals surface area contributed by atoms with Crippen molar-refractivity contribution in [3.05, 3.63) is 58.5 Å². The Balaban J connectivity index is 1.91. The summed E-state index contributed by atoms with van der Waals surface area (Å²) in [4.78, 5) is 13.1. The smallest absolute Gasteiger partial charge is 0.265 e. The van der Waals surface area contributed by atoms with Crippen LogP contribution in [-0.2, 0) is 0 Å². The van der Waals surface area contributed by atoms with Crippen molar-refractivity contribution in [2.45, 2.75) is 13.8 Å². The Hall–Kier alpha value is -2.33. The van der Waals surface area contributed by atoms with Gasteiger partial charge < -0.3 is 11.1 Å². The summed E-state index contributed by atoms with van der Waals surface area (Å²) in [5.74, 6) is -0.0801. The maximum absolute atomic E-state index is 12.4. The number of nitrogens with two attached hydrogens (primary N) is 1. The molecule has 0 saturated carbocycles. The lowest BCUT2D eigenvalue weighted by Crippen LogP contribution is -2.11. The number of carbonyl (C=O) groups is 1. The van der Waals surface area contributed by atoms with Crippen LogP contribution in [0.25, 0.3) is 10.1 Å². The van der Waals surface area contributed by atoms with Crippen molar-refractivity contribution in [2.75, 3.05) is 11.1 Å². The van der Waals surface area contributed by atoms with Crippen LogP contribution < -0.4 is 11.1 Å². The fourth-order valence-electron chi connectivity index (χ4n) is 2.23. The van der Waals surface area contributed by atoms with Crippen molar-refractivity contribution in [1.82, 2.24) is 0 Å². The Morgan fingerprint density at radius 3 is 2.71 bits per heavy atom. The highest BCUT2D eigenvalue weighted by Crippen LogP contribution is 2.28. The molecule has 1 heterocycles. The fourth-order valence-corrected chi connectivity index (χ4v) is 3.17. The van der Waals surface area contributed by atoms with E-state index in [2.05, 4.69) is 5.32 Å². The first-order valence-electron chi connectivity index (χ1n) is 6.70. The van der Waals surface area contributed by atoms with Gasteiger partial charge in [-0.2, -0.15) is 0 Å². The minimum absolute atomic E-state index is 0.0801. The third-order valence-electron chi connectivity index (χ3n) is 3.41. The summed E-state index contributed by atoms with van der Waals surface area (Å²) in [6.07, 6.45) is 0. The minimum atomic E-state index is -0.0801. The standard InChI is InChI=1S/C17H16N2OS/c1-10-3-4-11(2)14(7-10)19-17(20)16-9-12-8-13(18)5-6-15(12)21-16/h3-9H,18H2,1-2H3,(H,19,20). The second-order valence-electron chi connectivity index (χ2n) is 5.18. The van der Waals surface area contributed by atoms with E-state index in [1.54, 1.807) is 0 Å². The largest absolute Gasteiger partial charge is 0.399 e. The van der Waals surface area contributed by atoms with E-state index in [0.717, 1.165) is 26.9 Å². The molecule has 0 aliphatic heterocycles. The van der Waals surface area contributed by atoms with E-state index in [1.165, 1.54) is 11.3 Å². The van der Waals surface area contributed by atoms with Crippen LogP contribution in [0.3, 0.4) is 0 Å². The van der Waals surface area contributed by atoms with Gasteiger partial charge >= 0.3 is 0 Å². The molecule has 3 aromatic rings. The molecule has 0 spiro atoms. The number of aryl methyl sites for hydroxylation is 2. The number of amides is 1. The number of thiophene rings is 1. The molecule has 106 valence electrons. The highest BCUT2D eigenvalue weighted by atomic mass is 32.1. The number of benzene rings is 2. The van der Waals surface area contributed by atoms with Crippen molar-refractivity contribution in [3.63, 3.8) is 0 Å². The van der Waals surface area contributed by atoms with Crippen LogP contribution in [-0.4, -0.2) is 5.91 Å². The summed E-state index contributed by atoms with van der Waals surface area (Å²) in [7, 11) is 0. The number of nitrogen functional groups attached to an aromatic ring is 1. The number of anilines is 2. The van der Waals surface area contributed by atoms with Crippen molar-refractivity contribution in [1.29, 1.82) is 0 Å². The molecule has 0 fully saturated rings. The number of hydrogen-bond donors (Lipinski definition) is 2. The van der Waals surface area contributed by atoms with Gasteiger partial charge in [0, 0.05) is 16.1 Å². The molecule has 0 saturated heterocycles. The lowest BCUT2D eigenvalue weighted by Gasteiger charge is -2.08. The Morgan fingerprint density at radius 2 is 1.90 bits per heavy atom. The molecule has 2 aromatic carbocycles. The van der Waals surface area contributed by atoms with Gasteiger partial charge in [0.05, 0.1) is 4.88 Å². The predicted molar refractivity (Wildman–Crippen MR) is 90.1 cm³/mol. The number of fused-ring (bicyclic) bond motifs is 1. The molecule has 0 aliphatic carbocycles. The van der Waals surface area contributed by atoms with E-state index in [9.17, 15) is 4.79 Å². The van der Waals surface area contributed by atoms with Gasteiger partial charge in [-0.15, -0.1) is 11.3 Å². The van der Waals surface area contributed by atoms with Gasteiger partial charge in [0.25, 0.3) is 5.91 Å². The van der Waals surface area contributed by atoms with Gasteiger partial charge in [0.1, 0.15) is 0 Å². The molecule has 1 aromatic heterocycles. The zero-order chi connectivity index (χ0) is 15.0. The molecule has 0 bridgehead atoms. The second kappa shape index (κ2) is 5.22. The van der Waals surface area contributed by atoms with E-state index in [0.29, 0.717) is 10.6 Å². The number of hydrogen-bond acceptors (Lipinski definition) is 3. The van der Waals surface area contributed by atoms with Gasteiger partial charge in [0.15, 0.2) is 0 Å². The van der Waals surface area contributed by atoms with Crippen molar-refractivity contribution in [2.24, 2.45) is 0 Å². The van der Waals surface area contributed by atoms with Crippen LogP contribution in [0.1, 0.15) is 20.8 Å². The Kier molecular flexibility index (Phi) is 3.39. The molecule has 21 heavy (non-hydrogen) atoms. The summed E-state index contributed by atoms with van der Waals surface area (Å²) in [5, 5.41) is 3.99. The zero-order valence-corrected chi connectivity index (χ0v) is 12.8. The van der Waals surface area contributed by atoms with Gasteiger partial charge in [-0.05, 0) is 60.7 Å². The average Bonchev–Trinajstić information content (AvgIpc) is 2.86. The van der Waals surface area contributed by atoms with E-state index in [-0.39, 0.29) is 5.91 Å². The Morgan fingerprint density at radius 1 is 1.10 bits per heavy atom. The van der Waals surface area contributed by atoms with Gasteiger partial charge in [-0.25, -0.2) is 0 Å². The summed E-state index contributed by atoms with van der Waals surface area (Å²) < 4.78 is 1.07. The van der Waals surface area contributed by atoms with Crippen LogP contribution in [0, 0.1) is 13.8 Å². The molecule has 3 nitrogen and oxygen atoms in total. The third-order valence-corrected chi connectivity index (χ3v) is 4.52. The zero-order valence-electron chi connectivity index (χ0n) is 11.9. The molecular formula is C17H16N2OS. The van der Waals surface area contributed by atoms with Gasteiger partial charge in [0.2, 0.25) is 0 Å². The van der Waals surface area contributed by atoms with Crippen molar-refractivity contribution in [3.8, 4) is 0 Å². The molecular weight excluding hydrogens is 280 g/mol. The summed E-state index contributed by atoms with van der Waals surface area (Å²) >= 11 is 1.48. The maximum atomic E-state index is 12.4. The quantitative estimate of drug-likeness (QED) is 0.691. The van der Waals surface area contributed by atoms with E-state index < -0.39 is 0 Å². The Labute approximate surface area is 127 Å². The second-order valence-corrected chi connectivity index (χ2v) is 6.26. The van der Waals surface area contributed by atoms with Gasteiger partial charge in [-0.3, -0.25) is 4.79 Å². The lowest BCUT2D eigenvalue weighted by atomic mass is 10.1. The summed E-state index contributed by atoms with van der Waals surface area (Å²) in [6, 6.07) is 13.6. The minimum Gasteiger partial charge on any atom is -0.399 e. The normalized spacial score (nSPS) is 10.8. The molecule has 3 N–H and O–H groups in total. The fraction of sp³-hybridized carbons (Fsp3) is 0.118. The van der Waals surface area contributed by atoms with Crippen LogP contribution in [0.15, 0.2) is 42.5 Å². The van der Waals surface area contributed by atoms with Crippen molar-refractivity contribution >= 4 is 38.7 Å². The topological polar surface area (TPSA) is 55.1 Å². The molecule has 0 unspecified atom stereocenters. The first kappa shape index (κ1) is 13.6. The highest BCUT2D eigenvalue weighted by molar-refractivity contribution is 7.20. The average molecular weight is 296 g/mol. The molecule has 0 atom stereocenters. The van der Waals surface area contributed by atoms with Gasteiger partial charge in [-0.1, -0.05) is 12.1 Å². The van der Waals surface area contributed by atoms with Crippen LogP contribution >= 0.6 is 11.3 Å². The molecule has 4 heteroatoms. The lowest BCUT2D eigenvalue weighted by molar-refractivity contribution is 0.103.